The Morgan fingerprint density at radius 2 is 2.27 bits per heavy atom. The third-order valence-electron chi connectivity index (χ3n) is 2.42. The number of aromatic nitrogens is 2. The fourth-order valence-electron chi connectivity index (χ4n) is 1.31. The lowest BCUT2D eigenvalue weighted by Gasteiger charge is -2.19. The zero-order valence-corrected chi connectivity index (χ0v) is 10.8. The van der Waals surface area contributed by atoms with Crippen molar-refractivity contribution in [3.05, 3.63) is 12.4 Å². The Bertz CT molecular complexity index is 285. The van der Waals surface area contributed by atoms with Crippen molar-refractivity contribution in [1.29, 1.82) is 0 Å². The number of hydrogen-bond acceptors (Lipinski definition) is 3. The molecule has 3 nitrogen and oxygen atoms in total. The Balaban J connectivity index is 2.37. The van der Waals surface area contributed by atoms with Crippen LogP contribution in [0.1, 0.15) is 27.2 Å². The van der Waals surface area contributed by atoms with Crippen LogP contribution in [0.25, 0.3) is 0 Å². The summed E-state index contributed by atoms with van der Waals surface area (Å²) in [5.74, 6) is 0. The van der Waals surface area contributed by atoms with E-state index in [2.05, 4.69) is 37.4 Å². The Labute approximate surface area is 96.6 Å². The summed E-state index contributed by atoms with van der Waals surface area (Å²) in [4.78, 5) is 1.25. The van der Waals surface area contributed by atoms with Gasteiger partial charge in [-0.05, 0) is 19.9 Å². The van der Waals surface area contributed by atoms with E-state index in [-0.39, 0.29) is 0 Å². The van der Waals surface area contributed by atoms with Gasteiger partial charge in [0.05, 0.1) is 6.20 Å². The maximum absolute atomic E-state index is 4.17. The van der Waals surface area contributed by atoms with E-state index in [4.69, 9.17) is 0 Å². The maximum atomic E-state index is 4.17. The van der Waals surface area contributed by atoms with Gasteiger partial charge in [-0.2, -0.15) is 5.10 Å². The van der Waals surface area contributed by atoms with Crippen molar-refractivity contribution in [3.63, 3.8) is 0 Å². The SMILES string of the molecule is CCCNC(C)C(C)Sc1cnn(C)c1. The summed E-state index contributed by atoms with van der Waals surface area (Å²) >= 11 is 1.88. The van der Waals surface area contributed by atoms with E-state index in [9.17, 15) is 0 Å². The van der Waals surface area contributed by atoms with E-state index in [1.807, 2.05) is 29.7 Å². The van der Waals surface area contributed by atoms with E-state index < -0.39 is 0 Å². The zero-order valence-electron chi connectivity index (χ0n) is 10.0. The van der Waals surface area contributed by atoms with Crippen LogP contribution in [0.15, 0.2) is 17.3 Å². The highest BCUT2D eigenvalue weighted by Crippen LogP contribution is 2.24. The highest BCUT2D eigenvalue weighted by atomic mass is 32.2. The molecule has 0 fully saturated rings. The summed E-state index contributed by atoms with van der Waals surface area (Å²) in [5, 5.41) is 8.25. The van der Waals surface area contributed by atoms with Crippen LogP contribution in [-0.4, -0.2) is 27.6 Å². The van der Waals surface area contributed by atoms with Crippen LogP contribution in [0, 0.1) is 0 Å². The van der Waals surface area contributed by atoms with Gasteiger partial charge in [0.25, 0.3) is 0 Å². The van der Waals surface area contributed by atoms with E-state index in [1.165, 1.54) is 11.3 Å². The first-order valence-corrected chi connectivity index (χ1v) is 6.40. The average molecular weight is 227 g/mol. The van der Waals surface area contributed by atoms with E-state index in [0.717, 1.165) is 6.54 Å². The summed E-state index contributed by atoms with van der Waals surface area (Å²) in [7, 11) is 1.95. The number of nitrogens with one attached hydrogen (secondary N) is 1. The number of aryl methyl sites for hydroxylation is 1. The predicted octanol–water partition coefficient (Wildman–Crippen LogP) is 2.29. The zero-order chi connectivity index (χ0) is 11.3. The highest BCUT2D eigenvalue weighted by Gasteiger charge is 2.13. The molecule has 1 aromatic heterocycles. The van der Waals surface area contributed by atoms with E-state index >= 15 is 0 Å². The topological polar surface area (TPSA) is 29.9 Å². The lowest BCUT2D eigenvalue weighted by atomic mass is 10.2. The molecule has 0 aromatic carbocycles. The summed E-state index contributed by atoms with van der Waals surface area (Å²) in [6.07, 6.45) is 5.18. The lowest BCUT2D eigenvalue weighted by Crippen LogP contribution is -2.34. The second-order valence-corrected chi connectivity index (χ2v) is 5.37. The molecule has 1 rings (SSSR count). The minimum Gasteiger partial charge on any atom is -0.313 e. The molecule has 2 atom stereocenters. The van der Waals surface area contributed by atoms with Crippen molar-refractivity contribution >= 4 is 11.8 Å². The van der Waals surface area contributed by atoms with Gasteiger partial charge in [-0.15, -0.1) is 11.8 Å². The molecule has 0 aliphatic carbocycles. The molecular formula is C11H21N3S. The predicted molar refractivity (Wildman–Crippen MR) is 66.3 cm³/mol. The smallest absolute Gasteiger partial charge is 0.0625 e. The monoisotopic (exact) mass is 227 g/mol. The molecule has 0 aliphatic rings. The van der Waals surface area contributed by atoms with Crippen LogP contribution >= 0.6 is 11.8 Å². The first-order valence-electron chi connectivity index (χ1n) is 5.52. The number of rotatable bonds is 6. The molecule has 1 N–H and O–H groups in total. The normalized spacial score (nSPS) is 15.2. The molecule has 2 unspecified atom stereocenters. The molecule has 0 spiro atoms. The number of nitrogens with zero attached hydrogens (tertiary/aromatic N) is 2. The van der Waals surface area contributed by atoms with Gasteiger partial charge in [0, 0.05) is 29.4 Å². The Morgan fingerprint density at radius 3 is 2.80 bits per heavy atom. The Hall–Kier alpha value is -0.480. The highest BCUT2D eigenvalue weighted by molar-refractivity contribution is 8.00. The Kier molecular flexibility index (Phi) is 5.19. The third kappa shape index (κ3) is 4.26. The second-order valence-electron chi connectivity index (χ2n) is 3.92. The fourth-order valence-corrected chi connectivity index (χ4v) is 2.37. The summed E-state index contributed by atoms with van der Waals surface area (Å²) < 4.78 is 1.85. The van der Waals surface area contributed by atoms with Gasteiger partial charge in [0.2, 0.25) is 0 Å². The van der Waals surface area contributed by atoms with Gasteiger partial charge in [0.1, 0.15) is 0 Å². The van der Waals surface area contributed by atoms with Gasteiger partial charge in [-0.25, -0.2) is 0 Å². The van der Waals surface area contributed by atoms with Gasteiger partial charge in [-0.1, -0.05) is 13.8 Å². The van der Waals surface area contributed by atoms with Crippen LogP contribution in [0.5, 0.6) is 0 Å². The minimum atomic E-state index is 0.537. The molecule has 0 aliphatic heterocycles. The van der Waals surface area contributed by atoms with Crippen molar-refractivity contribution in [1.82, 2.24) is 15.1 Å². The second kappa shape index (κ2) is 6.18. The first kappa shape index (κ1) is 12.6. The maximum Gasteiger partial charge on any atom is 0.0625 e. The molecular weight excluding hydrogens is 206 g/mol. The van der Waals surface area contributed by atoms with Gasteiger partial charge in [-0.3, -0.25) is 4.68 Å². The number of hydrogen-bond donors (Lipinski definition) is 1. The van der Waals surface area contributed by atoms with Crippen molar-refractivity contribution in [2.75, 3.05) is 6.54 Å². The molecule has 0 saturated carbocycles. The molecule has 1 heterocycles. The van der Waals surface area contributed by atoms with Crippen LogP contribution in [-0.2, 0) is 7.05 Å². The van der Waals surface area contributed by atoms with Crippen molar-refractivity contribution in [3.8, 4) is 0 Å². The van der Waals surface area contributed by atoms with Gasteiger partial charge >= 0.3 is 0 Å². The summed E-state index contributed by atoms with van der Waals surface area (Å²) in [6.45, 7) is 7.78. The molecule has 0 radical (unpaired) electrons. The van der Waals surface area contributed by atoms with Crippen LogP contribution in [0.4, 0.5) is 0 Å². The quantitative estimate of drug-likeness (QED) is 0.756. The molecule has 0 saturated heterocycles. The van der Waals surface area contributed by atoms with Gasteiger partial charge < -0.3 is 5.32 Å². The molecule has 86 valence electrons. The van der Waals surface area contributed by atoms with Crippen LogP contribution in [0.2, 0.25) is 0 Å². The average Bonchev–Trinajstić information content (AvgIpc) is 2.60. The molecule has 0 amide bonds. The van der Waals surface area contributed by atoms with E-state index in [0.29, 0.717) is 11.3 Å². The van der Waals surface area contributed by atoms with Crippen LogP contribution in [0.3, 0.4) is 0 Å². The van der Waals surface area contributed by atoms with Crippen molar-refractivity contribution in [2.24, 2.45) is 7.05 Å². The molecule has 15 heavy (non-hydrogen) atoms. The van der Waals surface area contributed by atoms with Crippen LogP contribution < -0.4 is 5.32 Å². The standard InChI is InChI=1S/C11H21N3S/c1-5-6-12-9(2)10(3)15-11-7-13-14(4)8-11/h7-10,12H,5-6H2,1-4H3. The third-order valence-corrected chi connectivity index (χ3v) is 3.69. The first-order chi connectivity index (χ1) is 7.13. The minimum absolute atomic E-state index is 0.537. The van der Waals surface area contributed by atoms with E-state index in [1.54, 1.807) is 0 Å². The fraction of sp³-hybridized carbons (Fsp3) is 0.727. The number of thioether (sulfide) groups is 1. The molecule has 4 heteroatoms. The lowest BCUT2D eigenvalue weighted by molar-refractivity contribution is 0.542. The van der Waals surface area contributed by atoms with Gasteiger partial charge in [0.15, 0.2) is 0 Å². The summed E-state index contributed by atoms with van der Waals surface area (Å²) in [5.41, 5.74) is 0. The Morgan fingerprint density at radius 1 is 1.53 bits per heavy atom. The molecule has 1 aromatic rings. The molecule has 0 bridgehead atoms. The van der Waals surface area contributed by atoms with Crippen molar-refractivity contribution < 1.29 is 0 Å². The largest absolute Gasteiger partial charge is 0.313 e. The summed E-state index contributed by atoms with van der Waals surface area (Å²) in [6, 6.07) is 0.537. The van der Waals surface area contributed by atoms with Crippen molar-refractivity contribution in [2.45, 2.75) is 43.4 Å².